The SMILES string of the molecule is CC(C)NC(=O)c1ccc(NC(=O)CC(N)C(C)C)cc1. The number of carbonyl (C=O) groups is 2. The van der Waals surface area contributed by atoms with Crippen molar-refractivity contribution in [2.75, 3.05) is 5.32 Å². The zero-order chi connectivity index (χ0) is 16.0. The Labute approximate surface area is 126 Å². The molecule has 0 aromatic heterocycles. The summed E-state index contributed by atoms with van der Waals surface area (Å²) in [4.78, 5) is 23.6. The first-order chi connectivity index (χ1) is 9.79. The van der Waals surface area contributed by atoms with Gasteiger partial charge in [-0.25, -0.2) is 0 Å². The van der Waals surface area contributed by atoms with E-state index in [-0.39, 0.29) is 36.2 Å². The van der Waals surface area contributed by atoms with Gasteiger partial charge in [-0.2, -0.15) is 0 Å². The van der Waals surface area contributed by atoms with Crippen LogP contribution in [0.3, 0.4) is 0 Å². The van der Waals surface area contributed by atoms with E-state index in [0.717, 1.165) is 0 Å². The van der Waals surface area contributed by atoms with Crippen molar-refractivity contribution in [3.8, 4) is 0 Å². The van der Waals surface area contributed by atoms with Crippen LogP contribution >= 0.6 is 0 Å². The molecule has 0 fully saturated rings. The lowest BCUT2D eigenvalue weighted by atomic mass is 10.0. The fourth-order valence-electron chi connectivity index (χ4n) is 1.71. The molecule has 21 heavy (non-hydrogen) atoms. The van der Waals surface area contributed by atoms with Crippen LogP contribution in [0.4, 0.5) is 5.69 Å². The minimum absolute atomic E-state index is 0.0920. The average molecular weight is 291 g/mol. The van der Waals surface area contributed by atoms with Gasteiger partial charge in [0.1, 0.15) is 0 Å². The topological polar surface area (TPSA) is 84.2 Å². The van der Waals surface area contributed by atoms with Gasteiger partial charge in [-0.15, -0.1) is 0 Å². The molecule has 116 valence electrons. The van der Waals surface area contributed by atoms with E-state index in [0.29, 0.717) is 11.3 Å². The van der Waals surface area contributed by atoms with E-state index in [1.54, 1.807) is 24.3 Å². The van der Waals surface area contributed by atoms with Gasteiger partial charge in [-0.1, -0.05) is 13.8 Å². The molecule has 0 aliphatic rings. The molecule has 5 nitrogen and oxygen atoms in total. The second-order valence-corrected chi connectivity index (χ2v) is 5.87. The van der Waals surface area contributed by atoms with Crippen molar-refractivity contribution in [3.05, 3.63) is 29.8 Å². The van der Waals surface area contributed by atoms with Crippen LogP contribution in [-0.4, -0.2) is 23.9 Å². The van der Waals surface area contributed by atoms with Crippen molar-refractivity contribution >= 4 is 17.5 Å². The summed E-state index contributed by atoms with van der Waals surface area (Å²) in [5.41, 5.74) is 7.10. The summed E-state index contributed by atoms with van der Waals surface area (Å²) in [6, 6.07) is 6.75. The van der Waals surface area contributed by atoms with Crippen LogP contribution in [0.25, 0.3) is 0 Å². The second kappa shape index (κ2) is 7.78. The third kappa shape index (κ3) is 5.95. The van der Waals surface area contributed by atoms with E-state index in [2.05, 4.69) is 10.6 Å². The molecular formula is C16H25N3O2. The molecule has 0 bridgehead atoms. The van der Waals surface area contributed by atoms with Gasteiger partial charge in [0.25, 0.3) is 5.91 Å². The molecule has 1 aromatic carbocycles. The fourth-order valence-corrected chi connectivity index (χ4v) is 1.71. The Kier molecular flexibility index (Phi) is 6.37. The van der Waals surface area contributed by atoms with Crippen LogP contribution in [-0.2, 0) is 4.79 Å². The Bertz CT molecular complexity index is 481. The molecule has 2 amide bonds. The number of nitrogens with one attached hydrogen (secondary N) is 2. The summed E-state index contributed by atoms with van der Waals surface area (Å²) in [5.74, 6) is 0.0261. The van der Waals surface area contributed by atoms with Gasteiger partial charge < -0.3 is 16.4 Å². The zero-order valence-electron chi connectivity index (χ0n) is 13.1. The molecule has 5 heteroatoms. The summed E-state index contributed by atoms with van der Waals surface area (Å²) in [5, 5.41) is 5.60. The number of amides is 2. The summed E-state index contributed by atoms with van der Waals surface area (Å²) in [7, 11) is 0. The van der Waals surface area contributed by atoms with Gasteiger partial charge in [-0.05, 0) is 44.0 Å². The molecule has 0 saturated carbocycles. The molecule has 1 aromatic rings. The lowest BCUT2D eigenvalue weighted by molar-refractivity contribution is -0.116. The molecule has 0 heterocycles. The highest BCUT2D eigenvalue weighted by atomic mass is 16.2. The monoisotopic (exact) mass is 291 g/mol. The first-order valence-corrected chi connectivity index (χ1v) is 7.26. The van der Waals surface area contributed by atoms with E-state index < -0.39 is 0 Å². The Morgan fingerprint density at radius 1 is 1.10 bits per heavy atom. The minimum Gasteiger partial charge on any atom is -0.350 e. The number of carbonyl (C=O) groups excluding carboxylic acids is 2. The summed E-state index contributed by atoms with van der Waals surface area (Å²) >= 11 is 0. The number of nitrogens with two attached hydrogens (primary N) is 1. The zero-order valence-corrected chi connectivity index (χ0v) is 13.1. The standard InChI is InChI=1S/C16H25N3O2/c1-10(2)14(17)9-15(20)19-13-7-5-12(6-8-13)16(21)18-11(3)4/h5-8,10-11,14H,9,17H2,1-4H3,(H,18,21)(H,19,20). The van der Waals surface area contributed by atoms with Gasteiger partial charge >= 0.3 is 0 Å². The molecule has 0 radical (unpaired) electrons. The van der Waals surface area contributed by atoms with E-state index in [9.17, 15) is 9.59 Å². The van der Waals surface area contributed by atoms with Gasteiger partial charge in [0, 0.05) is 29.8 Å². The van der Waals surface area contributed by atoms with E-state index in [1.165, 1.54) is 0 Å². The number of anilines is 1. The van der Waals surface area contributed by atoms with Crippen molar-refractivity contribution in [2.45, 2.75) is 46.2 Å². The number of hydrogen-bond acceptors (Lipinski definition) is 3. The van der Waals surface area contributed by atoms with Crippen LogP contribution in [0.5, 0.6) is 0 Å². The number of hydrogen-bond donors (Lipinski definition) is 3. The first-order valence-electron chi connectivity index (χ1n) is 7.26. The number of rotatable bonds is 6. The normalized spacial score (nSPS) is 12.3. The maximum atomic E-state index is 11.8. The minimum atomic E-state index is -0.152. The van der Waals surface area contributed by atoms with Crippen molar-refractivity contribution in [1.82, 2.24) is 5.32 Å². The Morgan fingerprint density at radius 3 is 2.14 bits per heavy atom. The predicted octanol–water partition coefficient (Wildman–Crippen LogP) is 2.14. The van der Waals surface area contributed by atoms with Crippen LogP contribution < -0.4 is 16.4 Å². The van der Waals surface area contributed by atoms with Gasteiger partial charge in [0.15, 0.2) is 0 Å². The molecule has 1 atom stereocenters. The van der Waals surface area contributed by atoms with E-state index in [1.807, 2.05) is 27.7 Å². The lowest BCUT2D eigenvalue weighted by Crippen LogP contribution is -2.31. The molecule has 0 aliphatic heterocycles. The fraction of sp³-hybridized carbons (Fsp3) is 0.500. The third-order valence-electron chi connectivity index (χ3n) is 3.13. The molecule has 1 unspecified atom stereocenters. The van der Waals surface area contributed by atoms with Crippen molar-refractivity contribution in [2.24, 2.45) is 11.7 Å². The van der Waals surface area contributed by atoms with Crippen LogP contribution in [0.15, 0.2) is 24.3 Å². The molecule has 1 rings (SSSR count). The van der Waals surface area contributed by atoms with Gasteiger partial charge in [0.05, 0.1) is 0 Å². The quantitative estimate of drug-likeness (QED) is 0.750. The van der Waals surface area contributed by atoms with Crippen molar-refractivity contribution < 1.29 is 9.59 Å². The van der Waals surface area contributed by atoms with Crippen molar-refractivity contribution in [3.63, 3.8) is 0 Å². The second-order valence-electron chi connectivity index (χ2n) is 5.87. The first kappa shape index (κ1) is 17.2. The Balaban J connectivity index is 2.58. The summed E-state index contributed by atoms with van der Waals surface area (Å²) in [6.07, 6.45) is 0.285. The maximum absolute atomic E-state index is 11.8. The van der Waals surface area contributed by atoms with Gasteiger partial charge in [0.2, 0.25) is 5.91 Å². The molecule has 0 saturated heterocycles. The highest BCUT2D eigenvalue weighted by Crippen LogP contribution is 2.11. The molecule has 4 N–H and O–H groups in total. The van der Waals surface area contributed by atoms with Crippen LogP contribution in [0, 0.1) is 5.92 Å². The summed E-state index contributed by atoms with van der Waals surface area (Å²) < 4.78 is 0. The summed E-state index contributed by atoms with van der Waals surface area (Å²) in [6.45, 7) is 7.79. The van der Waals surface area contributed by atoms with E-state index >= 15 is 0 Å². The average Bonchev–Trinajstić information content (AvgIpc) is 2.38. The number of benzene rings is 1. The van der Waals surface area contributed by atoms with E-state index in [4.69, 9.17) is 5.73 Å². The highest BCUT2D eigenvalue weighted by molar-refractivity contribution is 5.96. The maximum Gasteiger partial charge on any atom is 0.251 e. The Morgan fingerprint density at radius 2 is 1.67 bits per heavy atom. The highest BCUT2D eigenvalue weighted by Gasteiger charge is 2.13. The van der Waals surface area contributed by atoms with Gasteiger partial charge in [-0.3, -0.25) is 9.59 Å². The lowest BCUT2D eigenvalue weighted by Gasteiger charge is -2.15. The smallest absolute Gasteiger partial charge is 0.251 e. The third-order valence-corrected chi connectivity index (χ3v) is 3.13. The molecular weight excluding hydrogens is 266 g/mol. The van der Waals surface area contributed by atoms with Crippen LogP contribution in [0.1, 0.15) is 44.5 Å². The largest absolute Gasteiger partial charge is 0.350 e. The predicted molar refractivity (Wildman–Crippen MR) is 85.1 cm³/mol. The molecule has 0 spiro atoms. The Hall–Kier alpha value is -1.88. The van der Waals surface area contributed by atoms with Crippen LogP contribution in [0.2, 0.25) is 0 Å². The molecule has 0 aliphatic carbocycles. The van der Waals surface area contributed by atoms with Crippen molar-refractivity contribution in [1.29, 1.82) is 0 Å².